The molecule has 2 nitrogen and oxygen atoms in total. The Balaban J connectivity index is 2.61. The summed E-state index contributed by atoms with van der Waals surface area (Å²) in [4.78, 5) is 5.03. The molecular formula is C13H12BrF3N2S. The average molecular weight is 365 g/mol. The Morgan fingerprint density at radius 2 is 2.00 bits per heavy atom. The molecule has 2 rings (SSSR count). The van der Waals surface area contributed by atoms with Crippen LogP contribution < -0.4 is 5.73 Å². The lowest BCUT2D eigenvalue weighted by molar-refractivity contribution is -0.137. The third kappa shape index (κ3) is 3.05. The molecule has 1 aromatic heterocycles. The second-order valence-electron chi connectivity index (χ2n) is 4.45. The predicted molar refractivity (Wildman–Crippen MR) is 77.6 cm³/mol. The van der Waals surface area contributed by atoms with Gasteiger partial charge in [0.15, 0.2) is 0 Å². The maximum atomic E-state index is 13.1. The third-order valence-electron chi connectivity index (χ3n) is 2.76. The monoisotopic (exact) mass is 364 g/mol. The summed E-state index contributed by atoms with van der Waals surface area (Å²) in [6.07, 6.45) is -4.42. The summed E-state index contributed by atoms with van der Waals surface area (Å²) in [6.45, 7) is 3.54. The van der Waals surface area contributed by atoms with Crippen LogP contribution in [0.25, 0.3) is 10.6 Å². The molecule has 0 saturated carbocycles. The summed E-state index contributed by atoms with van der Waals surface area (Å²) in [5.41, 5.74) is 5.86. The molecule has 0 aliphatic carbocycles. The fraction of sp³-hybridized carbons (Fsp3) is 0.308. The van der Waals surface area contributed by atoms with Gasteiger partial charge in [-0.2, -0.15) is 13.2 Å². The van der Waals surface area contributed by atoms with E-state index >= 15 is 0 Å². The van der Waals surface area contributed by atoms with Crippen LogP contribution in [0.15, 0.2) is 22.7 Å². The molecule has 20 heavy (non-hydrogen) atoms. The van der Waals surface area contributed by atoms with Crippen molar-refractivity contribution in [2.24, 2.45) is 5.73 Å². The van der Waals surface area contributed by atoms with Crippen molar-refractivity contribution in [3.63, 3.8) is 0 Å². The number of nitrogens with zero attached hydrogens (tertiary/aromatic N) is 1. The molecule has 0 radical (unpaired) electrons. The van der Waals surface area contributed by atoms with Gasteiger partial charge in [0, 0.05) is 21.0 Å². The first-order valence-electron chi connectivity index (χ1n) is 5.80. The van der Waals surface area contributed by atoms with Gasteiger partial charge in [-0.3, -0.25) is 0 Å². The van der Waals surface area contributed by atoms with Gasteiger partial charge in [0.1, 0.15) is 5.01 Å². The molecular weight excluding hydrogens is 353 g/mol. The molecule has 0 bridgehead atoms. The molecule has 0 aliphatic heterocycles. The minimum absolute atomic E-state index is 0.0840. The standard InChI is InChI=1S/C13H12BrF3N2S/c1-6(18)11-7(2)19-12(20-11)9-4-3-8(14)5-10(9)13(15,16)17/h3-6H,18H2,1-2H3. The van der Waals surface area contributed by atoms with Crippen LogP contribution in [-0.2, 0) is 6.18 Å². The van der Waals surface area contributed by atoms with Gasteiger partial charge in [-0.25, -0.2) is 4.98 Å². The Morgan fingerprint density at radius 1 is 1.35 bits per heavy atom. The lowest BCUT2D eigenvalue weighted by Crippen LogP contribution is -2.07. The lowest BCUT2D eigenvalue weighted by atomic mass is 10.1. The van der Waals surface area contributed by atoms with Crippen molar-refractivity contribution in [1.29, 1.82) is 0 Å². The highest BCUT2D eigenvalue weighted by Gasteiger charge is 2.34. The van der Waals surface area contributed by atoms with Crippen molar-refractivity contribution in [1.82, 2.24) is 4.98 Å². The van der Waals surface area contributed by atoms with Crippen molar-refractivity contribution in [2.45, 2.75) is 26.1 Å². The van der Waals surface area contributed by atoms with Gasteiger partial charge in [-0.05, 0) is 26.0 Å². The Labute approximate surface area is 127 Å². The van der Waals surface area contributed by atoms with Crippen LogP contribution in [0.2, 0.25) is 0 Å². The quantitative estimate of drug-likeness (QED) is 0.821. The Morgan fingerprint density at radius 3 is 2.50 bits per heavy atom. The summed E-state index contributed by atoms with van der Waals surface area (Å²) >= 11 is 4.27. The summed E-state index contributed by atoms with van der Waals surface area (Å²) in [5, 5.41) is 0.342. The number of nitrogens with two attached hydrogens (primary N) is 1. The minimum Gasteiger partial charge on any atom is -0.323 e. The zero-order chi connectivity index (χ0) is 15.1. The first kappa shape index (κ1) is 15.5. The van der Waals surface area contributed by atoms with Gasteiger partial charge in [-0.1, -0.05) is 22.0 Å². The van der Waals surface area contributed by atoms with Crippen LogP contribution in [0.1, 0.15) is 29.1 Å². The first-order valence-corrected chi connectivity index (χ1v) is 7.41. The second kappa shape index (κ2) is 5.46. The highest BCUT2D eigenvalue weighted by molar-refractivity contribution is 9.10. The van der Waals surface area contributed by atoms with E-state index in [-0.39, 0.29) is 11.6 Å². The van der Waals surface area contributed by atoms with E-state index in [0.29, 0.717) is 15.2 Å². The molecule has 1 atom stereocenters. The van der Waals surface area contributed by atoms with Crippen LogP contribution in [0, 0.1) is 6.92 Å². The van der Waals surface area contributed by atoms with Gasteiger partial charge in [-0.15, -0.1) is 11.3 Å². The summed E-state index contributed by atoms with van der Waals surface area (Å²) < 4.78 is 39.7. The van der Waals surface area contributed by atoms with Crippen LogP contribution >= 0.6 is 27.3 Å². The topological polar surface area (TPSA) is 38.9 Å². The van der Waals surface area contributed by atoms with Crippen molar-refractivity contribution < 1.29 is 13.2 Å². The molecule has 0 spiro atoms. The first-order chi connectivity index (χ1) is 9.20. The van der Waals surface area contributed by atoms with Crippen LogP contribution in [0.4, 0.5) is 13.2 Å². The molecule has 1 aromatic carbocycles. The molecule has 1 heterocycles. The minimum atomic E-state index is -4.42. The number of aryl methyl sites for hydroxylation is 1. The highest BCUT2D eigenvalue weighted by atomic mass is 79.9. The number of aromatic nitrogens is 1. The number of hydrogen-bond donors (Lipinski definition) is 1. The Hall–Kier alpha value is -0.920. The molecule has 0 saturated heterocycles. The normalized spacial score (nSPS) is 13.6. The molecule has 0 fully saturated rings. The van der Waals surface area contributed by atoms with E-state index in [1.807, 2.05) is 0 Å². The molecule has 7 heteroatoms. The fourth-order valence-electron chi connectivity index (χ4n) is 1.88. The smallest absolute Gasteiger partial charge is 0.323 e. The van der Waals surface area contributed by atoms with Gasteiger partial charge < -0.3 is 5.73 Å². The van der Waals surface area contributed by atoms with E-state index in [1.54, 1.807) is 19.9 Å². The van der Waals surface area contributed by atoms with Gasteiger partial charge in [0.25, 0.3) is 0 Å². The lowest BCUT2D eigenvalue weighted by Gasteiger charge is -2.11. The summed E-state index contributed by atoms with van der Waals surface area (Å²) in [5.74, 6) is 0. The average Bonchev–Trinajstić information content (AvgIpc) is 2.70. The van der Waals surface area contributed by atoms with Gasteiger partial charge in [0.05, 0.1) is 11.3 Å². The molecule has 0 amide bonds. The Bertz CT molecular complexity index is 635. The van der Waals surface area contributed by atoms with Crippen LogP contribution in [0.3, 0.4) is 0 Å². The largest absolute Gasteiger partial charge is 0.417 e. The molecule has 2 N–H and O–H groups in total. The third-order valence-corrected chi connectivity index (χ3v) is 4.65. The van der Waals surface area contributed by atoms with Gasteiger partial charge in [0.2, 0.25) is 0 Å². The number of thiazole rings is 1. The van der Waals surface area contributed by atoms with Crippen molar-refractivity contribution in [3.8, 4) is 10.6 Å². The van der Waals surface area contributed by atoms with E-state index in [2.05, 4.69) is 20.9 Å². The maximum Gasteiger partial charge on any atom is 0.417 e. The SMILES string of the molecule is Cc1nc(-c2ccc(Br)cc2C(F)(F)F)sc1C(C)N. The number of hydrogen-bond acceptors (Lipinski definition) is 3. The van der Waals surface area contributed by atoms with E-state index < -0.39 is 11.7 Å². The molecule has 2 aromatic rings. The van der Waals surface area contributed by atoms with Crippen molar-refractivity contribution >= 4 is 27.3 Å². The molecule has 1 unspecified atom stereocenters. The van der Waals surface area contributed by atoms with Crippen LogP contribution in [-0.4, -0.2) is 4.98 Å². The highest BCUT2D eigenvalue weighted by Crippen LogP contribution is 2.41. The number of alkyl halides is 3. The number of halogens is 4. The fourth-order valence-corrected chi connectivity index (χ4v) is 3.30. The summed E-state index contributed by atoms with van der Waals surface area (Å²) in [6, 6.07) is 3.83. The second-order valence-corrected chi connectivity index (χ2v) is 6.39. The maximum absolute atomic E-state index is 13.1. The van der Waals surface area contributed by atoms with Gasteiger partial charge >= 0.3 is 6.18 Å². The molecule has 0 aliphatic rings. The number of benzene rings is 1. The summed E-state index contributed by atoms with van der Waals surface area (Å²) in [7, 11) is 0. The van der Waals surface area contributed by atoms with E-state index in [9.17, 15) is 13.2 Å². The molecule has 108 valence electrons. The predicted octanol–water partition coefficient (Wildman–Crippen LogP) is 4.92. The van der Waals surface area contributed by atoms with E-state index in [4.69, 9.17) is 5.73 Å². The van der Waals surface area contributed by atoms with Crippen molar-refractivity contribution in [3.05, 3.63) is 38.8 Å². The zero-order valence-corrected chi connectivity index (χ0v) is 13.2. The van der Waals surface area contributed by atoms with E-state index in [0.717, 1.165) is 10.9 Å². The van der Waals surface area contributed by atoms with Crippen molar-refractivity contribution in [2.75, 3.05) is 0 Å². The zero-order valence-electron chi connectivity index (χ0n) is 10.8. The number of rotatable bonds is 2. The Kier molecular flexibility index (Phi) is 4.22. The van der Waals surface area contributed by atoms with Crippen LogP contribution in [0.5, 0.6) is 0 Å². The van der Waals surface area contributed by atoms with E-state index in [1.165, 1.54) is 17.4 Å².